The molecule has 3 nitrogen and oxygen atoms in total. The second-order valence-corrected chi connectivity index (χ2v) is 5.24. The number of benzene rings is 2. The molecule has 0 bridgehead atoms. The Morgan fingerprint density at radius 2 is 1.90 bits per heavy atom. The summed E-state index contributed by atoms with van der Waals surface area (Å²) in [6.07, 6.45) is 0. The van der Waals surface area contributed by atoms with Crippen LogP contribution in [0.3, 0.4) is 0 Å². The van der Waals surface area contributed by atoms with Gasteiger partial charge >= 0.3 is 0 Å². The van der Waals surface area contributed by atoms with Crippen LogP contribution in [0, 0.1) is 19.7 Å². The molecule has 2 N–H and O–H groups in total. The van der Waals surface area contributed by atoms with Gasteiger partial charge in [-0.1, -0.05) is 17.7 Å². The number of aryl methyl sites for hydroxylation is 2. The maximum absolute atomic E-state index is 13.6. The van der Waals surface area contributed by atoms with Crippen molar-refractivity contribution in [2.24, 2.45) is 0 Å². The lowest BCUT2D eigenvalue weighted by Crippen LogP contribution is -2.01. The van der Waals surface area contributed by atoms with Gasteiger partial charge in [0.2, 0.25) is 5.95 Å². The summed E-state index contributed by atoms with van der Waals surface area (Å²) < 4.78 is 15.4. The molecule has 0 saturated carbocycles. The van der Waals surface area contributed by atoms with E-state index in [1.165, 1.54) is 6.07 Å². The third-order valence-corrected chi connectivity index (χ3v) is 3.78. The van der Waals surface area contributed by atoms with E-state index in [-0.39, 0.29) is 5.82 Å². The molecule has 0 saturated heterocycles. The highest BCUT2D eigenvalue weighted by Gasteiger charge is 2.13. The van der Waals surface area contributed by atoms with Crippen molar-refractivity contribution in [2.45, 2.75) is 13.8 Å². The van der Waals surface area contributed by atoms with Crippen LogP contribution < -0.4 is 5.73 Å². The number of nitrogens with zero attached hydrogens (tertiary/aromatic N) is 2. The first kappa shape index (κ1) is 12.9. The van der Waals surface area contributed by atoms with Crippen molar-refractivity contribution < 1.29 is 4.39 Å². The lowest BCUT2D eigenvalue weighted by Gasteiger charge is -2.08. The van der Waals surface area contributed by atoms with Crippen molar-refractivity contribution >= 4 is 28.6 Å². The zero-order valence-corrected chi connectivity index (χ0v) is 11.9. The summed E-state index contributed by atoms with van der Waals surface area (Å²) >= 11 is 6.16. The van der Waals surface area contributed by atoms with Crippen molar-refractivity contribution in [1.82, 2.24) is 9.55 Å². The predicted octanol–water partition coefficient (Wildman–Crippen LogP) is 4.02. The van der Waals surface area contributed by atoms with Crippen LogP contribution in [0.1, 0.15) is 11.1 Å². The van der Waals surface area contributed by atoms with Gasteiger partial charge in [-0.05, 0) is 43.2 Å². The molecule has 0 unspecified atom stereocenters. The molecule has 102 valence electrons. The summed E-state index contributed by atoms with van der Waals surface area (Å²) in [5.41, 5.74) is 9.61. The van der Waals surface area contributed by atoms with Crippen molar-refractivity contribution in [2.75, 3.05) is 5.73 Å². The minimum Gasteiger partial charge on any atom is -0.369 e. The van der Waals surface area contributed by atoms with Crippen LogP contribution in [-0.2, 0) is 0 Å². The van der Waals surface area contributed by atoms with Gasteiger partial charge in [-0.15, -0.1) is 0 Å². The number of imidazole rings is 1. The molecule has 5 heteroatoms. The average Bonchev–Trinajstić information content (AvgIpc) is 2.69. The van der Waals surface area contributed by atoms with Crippen molar-refractivity contribution in [3.63, 3.8) is 0 Å². The van der Waals surface area contributed by atoms with Crippen LogP contribution in [0.15, 0.2) is 30.3 Å². The summed E-state index contributed by atoms with van der Waals surface area (Å²) in [5.74, 6) is 0.0222. The number of anilines is 1. The van der Waals surface area contributed by atoms with Crippen LogP contribution in [-0.4, -0.2) is 9.55 Å². The van der Waals surface area contributed by atoms with E-state index in [9.17, 15) is 4.39 Å². The molecule has 20 heavy (non-hydrogen) atoms. The maximum atomic E-state index is 13.6. The summed E-state index contributed by atoms with van der Waals surface area (Å²) in [6, 6.07) is 8.79. The molecule has 1 aromatic heterocycles. The SMILES string of the molecule is Cc1cc2c(cc1F)nc(N)n2-c1ccc(C)c(Cl)c1. The Balaban J connectivity index is 2.32. The van der Waals surface area contributed by atoms with Gasteiger partial charge in [0, 0.05) is 11.1 Å². The van der Waals surface area contributed by atoms with Crippen LogP contribution in [0.2, 0.25) is 5.02 Å². The van der Waals surface area contributed by atoms with Gasteiger partial charge in [0.05, 0.1) is 16.7 Å². The number of halogens is 2. The standard InChI is InChI=1S/C15H13ClFN3/c1-8-3-4-10(6-11(8)16)20-14-5-9(2)12(17)7-13(14)19-15(20)18/h3-7H,1-2H3,(H2,18,19). The van der Waals surface area contributed by atoms with Crippen LogP contribution in [0.5, 0.6) is 0 Å². The van der Waals surface area contributed by atoms with Gasteiger partial charge in [-0.2, -0.15) is 0 Å². The normalized spacial score (nSPS) is 11.2. The van der Waals surface area contributed by atoms with E-state index in [0.717, 1.165) is 16.8 Å². The van der Waals surface area contributed by atoms with E-state index in [2.05, 4.69) is 4.98 Å². The number of fused-ring (bicyclic) bond motifs is 1. The molecule has 0 aliphatic heterocycles. The van der Waals surface area contributed by atoms with Gasteiger partial charge in [-0.3, -0.25) is 4.57 Å². The molecule has 2 aromatic carbocycles. The van der Waals surface area contributed by atoms with Gasteiger partial charge in [0.1, 0.15) is 5.82 Å². The molecule has 0 spiro atoms. The molecule has 0 amide bonds. The van der Waals surface area contributed by atoms with E-state index in [1.807, 2.05) is 25.1 Å². The first-order valence-electron chi connectivity index (χ1n) is 6.18. The Bertz CT molecular complexity index is 824. The number of hydrogen-bond donors (Lipinski definition) is 1. The van der Waals surface area contributed by atoms with Gasteiger partial charge in [0.25, 0.3) is 0 Å². The molecule has 0 aliphatic carbocycles. The van der Waals surface area contributed by atoms with Crippen LogP contribution in [0.25, 0.3) is 16.7 Å². The van der Waals surface area contributed by atoms with Crippen molar-refractivity contribution in [1.29, 1.82) is 0 Å². The minimum absolute atomic E-state index is 0.288. The Morgan fingerprint density at radius 3 is 2.60 bits per heavy atom. The number of aromatic nitrogens is 2. The van der Waals surface area contributed by atoms with E-state index >= 15 is 0 Å². The zero-order chi connectivity index (χ0) is 14.4. The van der Waals surface area contributed by atoms with E-state index in [1.54, 1.807) is 17.6 Å². The first-order chi connectivity index (χ1) is 9.47. The van der Waals surface area contributed by atoms with E-state index in [4.69, 9.17) is 17.3 Å². The third kappa shape index (κ3) is 1.93. The second-order valence-electron chi connectivity index (χ2n) is 4.83. The molecule has 0 fully saturated rings. The number of nitrogen functional groups attached to an aromatic ring is 1. The van der Waals surface area contributed by atoms with E-state index in [0.29, 0.717) is 22.1 Å². The van der Waals surface area contributed by atoms with Crippen molar-refractivity contribution in [3.8, 4) is 5.69 Å². The molecule has 3 rings (SSSR count). The van der Waals surface area contributed by atoms with E-state index < -0.39 is 0 Å². The lowest BCUT2D eigenvalue weighted by molar-refractivity contribution is 0.620. The Kier molecular flexibility index (Phi) is 2.91. The third-order valence-electron chi connectivity index (χ3n) is 3.37. The van der Waals surface area contributed by atoms with Gasteiger partial charge in [-0.25, -0.2) is 9.37 Å². The van der Waals surface area contributed by atoms with Crippen LogP contribution in [0.4, 0.5) is 10.3 Å². The van der Waals surface area contributed by atoms with Gasteiger partial charge < -0.3 is 5.73 Å². The fourth-order valence-corrected chi connectivity index (χ4v) is 2.39. The highest BCUT2D eigenvalue weighted by Crippen LogP contribution is 2.27. The monoisotopic (exact) mass is 289 g/mol. The smallest absolute Gasteiger partial charge is 0.205 e. The zero-order valence-electron chi connectivity index (χ0n) is 11.1. The Morgan fingerprint density at radius 1 is 1.15 bits per heavy atom. The largest absolute Gasteiger partial charge is 0.369 e. The Labute approximate surface area is 120 Å². The fourth-order valence-electron chi connectivity index (χ4n) is 2.21. The molecule has 3 aromatic rings. The second kappa shape index (κ2) is 4.49. The topological polar surface area (TPSA) is 43.8 Å². The fraction of sp³-hybridized carbons (Fsp3) is 0.133. The Hall–Kier alpha value is -2.07. The highest BCUT2D eigenvalue weighted by molar-refractivity contribution is 6.31. The summed E-state index contributed by atoms with van der Waals surface area (Å²) in [5, 5.41) is 0.655. The molecule has 1 heterocycles. The predicted molar refractivity (Wildman–Crippen MR) is 79.9 cm³/mol. The minimum atomic E-state index is -0.288. The molecule has 0 atom stereocenters. The van der Waals surface area contributed by atoms with Gasteiger partial charge in [0.15, 0.2) is 0 Å². The highest BCUT2D eigenvalue weighted by atomic mass is 35.5. The number of hydrogen-bond acceptors (Lipinski definition) is 2. The summed E-state index contributed by atoms with van der Waals surface area (Å²) in [7, 11) is 0. The lowest BCUT2D eigenvalue weighted by atomic mass is 10.2. The first-order valence-corrected chi connectivity index (χ1v) is 6.56. The van der Waals surface area contributed by atoms with Crippen LogP contribution >= 0.6 is 11.6 Å². The van der Waals surface area contributed by atoms with Crippen molar-refractivity contribution in [3.05, 3.63) is 52.3 Å². The molecular formula is C15H13ClFN3. The quantitative estimate of drug-likeness (QED) is 0.735. The average molecular weight is 290 g/mol. The molecule has 0 radical (unpaired) electrons. The number of rotatable bonds is 1. The summed E-state index contributed by atoms with van der Waals surface area (Å²) in [6.45, 7) is 3.64. The molecule has 0 aliphatic rings. The molecular weight excluding hydrogens is 277 g/mol. The summed E-state index contributed by atoms with van der Waals surface area (Å²) in [4.78, 5) is 4.20. The number of nitrogens with two attached hydrogens (primary N) is 1. The maximum Gasteiger partial charge on any atom is 0.205 e.